The van der Waals surface area contributed by atoms with Gasteiger partial charge in [-0.15, -0.1) is 0 Å². The molecule has 0 spiro atoms. The van der Waals surface area contributed by atoms with Crippen LogP contribution in [0.3, 0.4) is 0 Å². The average molecular weight is 351 g/mol. The van der Waals surface area contributed by atoms with Gasteiger partial charge >= 0.3 is 0 Å². The van der Waals surface area contributed by atoms with E-state index >= 15 is 0 Å². The summed E-state index contributed by atoms with van der Waals surface area (Å²) in [5, 5.41) is 0. The lowest BCUT2D eigenvalue weighted by atomic mass is 9.85. The second-order valence-corrected chi connectivity index (χ2v) is 9.17. The van der Waals surface area contributed by atoms with E-state index in [-0.39, 0.29) is 16.7 Å². The Bertz CT molecular complexity index is 739. The number of benzene rings is 2. The maximum absolute atomic E-state index is 6.39. The molecule has 0 aliphatic carbocycles. The van der Waals surface area contributed by atoms with E-state index < -0.39 is 0 Å². The topological polar surface area (TPSA) is 38.4 Å². The van der Waals surface area contributed by atoms with Crippen LogP contribution >= 0.6 is 0 Å². The molecule has 0 radical (unpaired) electrons. The first-order chi connectivity index (χ1) is 12.0. The molecule has 1 atom stereocenters. The van der Waals surface area contributed by atoms with E-state index in [1.54, 1.807) is 0 Å². The third kappa shape index (κ3) is 4.97. The Hall–Kier alpha value is -2.09. The molecule has 0 fully saturated rings. The normalized spacial score (nSPS) is 14.3. The summed E-state index contributed by atoms with van der Waals surface area (Å²) < 4.78 is 0. The quantitative estimate of drug-likeness (QED) is 0.498. The molecule has 0 aliphatic heterocycles. The first-order valence-electron chi connectivity index (χ1n) is 9.57. The van der Waals surface area contributed by atoms with Crippen molar-refractivity contribution in [1.82, 2.24) is 0 Å². The van der Waals surface area contributed by atoms with E-state index in [4.69, 9.17) is 10.7 Å². The minimum atomic E-state index is 0.145. The highest BCUT2D eigenvalue weighted by molar-refractivity contribution is 5.89. The fraction of sp³-hybridized carbons (Fsp3) is 0.458. The number of aliphatic imine (C=N–C) groups is 1. The van der Waals surface area contributed by atoms with E-state index in [1.165, 1.54) is 16.7 Å². The standard InChI is InChI=1S/C24H34N2/c1-8-21(17-9-11-18(12-10-17)23(2,3)4)22(25)26-20-15-13-19(14-16-20)24(5,6)7/h9-16,21H,8H2,1-7H3,(H2,25,26). The van der Waals surface area contributed by atoms with Gasteiger partial charge in [0.2, 0.25) is 0 Å². The van der Waals surface area contributed by atoms with Gasteiger partial charge in [0.15, 0.2) is 0 Å². The third-order valence-corrected chi connectivity index (χ3v) is 4.94. The first kappa shape index (κ1) is 20.2. The molecule has 1 unspecified atom stereocenters. The van der Waals surface area contributed by atoms with Gasteiger partial charge in [-0.25, -0.2) is 4.99 Å². The molecule has 0 amide bonds. The lowest BCUT2D eigenvalue weighted by molar-refractivity contribution is 0.589. The summed E-state index contributed by atoms with van der Waals surface area (Å²) in [7, 11) is 0. The molecule has 2 aromatic rings. The van der Waals surface area contributed by atoms with Crippen LogP contribution < -0.4 is 5.73 Å². The molecule has 0 aliphatic rings. The van der Waals surface area contributed by atoms with Crippen LogP contribution in [0.25, 0.3) is 0 Å². The van der Waals surface area contributed by atoms with Gasteiger partial charge in [-0.05, 0) is 46.1 Å². The molecule has 0 bridgehead atoms. The van der Waals surface area contributed by atoms with Crippen molar-refractivity contribution < 1.29 is 0 Å². The Morgan fingerprint density at radius 2 is 1.23 bits per heavy atom. The number of nitrogens with zero attached hydrogens (tertiary/aromatic N) is 1. The highest BCUT2D eigenvalue weighted by Crippen LogP contribution is 2.28. The molecule has 0 heterocycles. The Morgan fingerprint density at radius 1 is 0.808 bits per heavy atom. The van der Waals surface area contributed by atoms with Crippen LogP contribution in [0.1, 0.15) is 77.5 Å². The van der Waals surface area contributed by atoms with Crippen LogP contribution in [0, 0.1) is 0 Å². The van der Waals surface area contributed by atoms with Crippen LogP contribution in [0.5, 0.6) is 0 Å². The van der Waals surface area contributed by atoms with E-state index in [0.717, 1.165) is 12.1 Å². The van der Waals surface area contributed by atoms with Crippen molar-refractivity contribution in [3.63, 3.8) is 0 Å². The number of nitrogens with two attached hydrogens (primary N) is 1. The fourth-order valence-corrected chi connectivity index (χ4v) is 3.09. The third-order valence-electron chi connectivity index (χ3n) is 4.94. The van der Waals surface area contributed by atoms with Crippen LogP contribution in [-0.2, 0) is 10.8 Å². The Labute approximate surface area is 159 Å². The van der Waals surface area contributed by atoms with Crippen molar-refractivity contribution in [2.75, 3.05) is 0 Å². The summed E-state index contributed by atoms with van der Waals surface area (Å²) in [6, 6.07) is 17.2. The van der Waals surface area contributed by atoms with Crippen LogP contribution in [0.15, 0.2) is 53.5 Å². The zero-order valence-corrected chi connectivity index (χ0v) is 17.4. The predicted molar refractivity (Wildman–Crippen MR) is 115 cm³/mol. The molecule has 2 heteroatoms. The maximum atomic E-state index is 6.39. The summed E-state index contributed by atoms with van der Waals surface area (Å²) in [5.41, 5.74) is 11.5. The van der Waals surface area contributed by atoms with E-state index in [9.17, 15) is 0 Å². The van der Waals surface area contributed by atoms with Crippen molar-refractivity contribution in [2.24, 2.45) is 10.7 Å². The largest absolute Gasteiger partial charge is 0.387 e. The van der Waals surface area contributed by atoms with Gasteiger partial charge in [0.1, 0.15) is 5.84 Å². The molecule has 26 heavy (non-hydrogen) atoms. The lowest BCUT2D eigenvalue weighted by Crippen LogP contribution is -2.21. The summed E-state index contributed by atoms with van der Waals surface area (Å²) in [6.45, 7) is 15.5. The van der Waals surface area contributed by atoms with Gasteiger partial charge in [-0.3, -0.25) is 0 Å². The molecule has 0 saturated carbocycles. The molecule has 2 rings (SSSR count). The Balaban J connectivity index is 2.25. The minimum absolute atomic E-state index is 0.145. The second kappa shape index (κ2) is 7.65. The average Bonchev–Trinajstić information content (AvgIpc) is 2.55. The van der Waals surface area contributed by atoms with E-state index in [0.29, 0.717) is 5.84 Å². The fourth-order valence-electron chi connectivity index (χ4n) is 3.09. The van der Waals surface area contributed by atoms with Gasteiger partial charge in [-0.1, -0.05) is 84.9 Å². The van der Waals surface area contributed by atoms with Gasteiger partial charge in [0.25, 0.3) is 0 Å². The van der Waals surface area contributed by atoms with Crippen molar-refractivity contribution in [2.45, 2.75) is 71.6 Å². The number of rotatable bonds is 4. The number of hydrogen-bond acceptors (Lipinski definition) is 1. The van der Waals surface area contributed by atoms with Gasteiger partial charge < -0.3 is 5.73 Å². The molecule has 0 aromatic heterocycles. The molecule has 2 nitrogen and oxygen atoms in total. The SMILES string of the molecule is CCC(C(N)=Nc1ccc(C(C)(C)C)cc1)c1ccc(C(C)(C)C)cc1. The Morgan fingerprint density at radius 3 is 1.62 bits per heavy atom. The summed E-state index contributed by atoms with van der Waals surface area (Å²) in [4.78, 5) is 4.70. The van der Waals surface area contributed by atoms with E-state index in [2.05, 4.69) is 97.0 Å². The monoisotopic (exact) mass is 350 g/mol. The van der Waals surface area contributed by atoms with Crippen LogP contribution in [0.4, 0.5) is 5.69 Å². The Kier molecular flexibility index (Phi) is 5.95. The molecule has 2 aromatic carbocycles. The van der Waals surface area contributed by atoms with Gasteiger partial charge in [-0.2, -0.15) is 0 Å². The van der Waals surface area contributed by atoms with Crippen molar-refractivity contribution in [1.29, 1.82) is 0 Å². The smallest absolute Gasteiger partial charge is 0.107 e. The molecule has 140 valence electrons. The predicted octanol–water partition coefficient (Wildman–Crippen LogP) is 6.46. The van der Waals surface area contributed by atoms with Crippen molar-refractivity contribution in [3.05, 3.63) is 65.2 Å². The summed E-state index contributed by atoms with van der Waals surface area (Å²) >= 11 is 0. The number of hydrogen-bond donors (Lipinski definition) is 1. The van der Waals surface area contributed by atoms with Gasteiger partial charge in [0.05, 0.1) is 5.69 Å². The van der Waals surface area contributed by atoms with E-state index in [1.807, 2.05) is 0 Å². The summed E-state index contributed by atoms with van der Waals surface area (Å²) in [5.74, 6) is 0.825. The maximum Gasteiger partial charge on any atom is 0.107 e. The summed E-state index contributed by atoms with van der Waals surface area (Å²) in [6.07, 6.45) is 0.935. The van der Waals surface area contributed by atoms with Gasteiger partial charge in [0, 0.05) is 5.92 Å². The van der Waals surface area contributed by atoms with Crippen molar-refractivity contribution in [3.8, 4) is 0 Å². The minimum Gasteiger partial charge on any atom is -0.387 e. The molecule has 0 saturated heterocycles. The zero-order chi connectivity index (χ0) is 19.5. The molecular weight excluding hydrogens is 316 g/mol. The lowest BCUT2D eigenvalue weighted by Gasteiger charge is -2.21. The highest BCUT2D eigenvalue weighted by Gasteiger charge is 2.17. The second-order valence-electron chi connectivity index (χ2n) is 9.17. The first-order valence-corrected chi connectivity index (χ1v) is 9.57. The highest BCUT2D eigenvalue weighted by atomic mass is 14.9. The zero-order valence-electron chi connectivity index (χ0n) is 17.4. The van der Waals surface area contributed by atoms with Crippen LogP contribution in [-0.4, -0.2) is 5.84 Å². The van der Waals surface area contributed by atoms with Crippen molar-refractivity contribution >= 4 is 11.5 Å². The molecular formula is C24H34N2. The number of amidine groups is 1. The molecule has 2 N–H and O–H groups in total. The van der Waals surface area contributed by atoms with Crippen LogP contribution in [0.2, 0.25) is 0 Å².